The summed E-state index contributed by atoms with van der Waals surface area (Å²) in [4.78, 5) is 0. The van der Waals surface area contributed by atoms with Gasteiger partial charge in [0.15, 0.2) is 11.5 Å². The number of nitrogens with one attached hydrogen (secondary N) is 1. The summed E-state index contributed by atoms with van der Waals surface area (Å²) >= 11 is 4.93. The molecule has 2 aromatic carbocycles. The highest BCUT2D eigenvalue weighted by Gasteiger charge is 2.07. The quantitative estimate of drug-likeness (QED) is 0.816. The van der Waals surface area contributed by atoms with Gasteiger partial charge in [0.05, 0.1) is 5.69 Å². The van der Waals surface area contributed by atoms with Gasteiger partial charge in [0, 0.05) is 0 Å². The number of hydrogen-bond donors (Lipinski definition) is 2. The molecule has 18 heavy (non-hydrogen) atoms. The highest BCUT2D eigenvalue weighted by molar-refractivity contribution is 7.80. The van der Waals surface area contributed by atoms with Gasteiger partial charge in [0.25, 0.3) is 5.17 Å². The Morgan fingerprint density at radius 3 is 2.50 bits per heavy atom. The van der Waals surface area contributed by atoms with Gasteiger partial charge >= 0.3 is 0 Å². The normalized spacial score (nSPS) is 9.83. The number of benzene rings is 2. The SMILES string of the molecule is Oc1ccccc1OC(=S)Nc1ccccc1F. The summed E-state index contributed by atoms with van der Waals surface area (Å²) in [5, 5.41) is 12.1. The molecule has 0 aliphatic carbocycles. The standard InChI is InChI=1S/C13H10FNO2S/c14-9-5-1-2-6-10(9)15-13(18)17-12-8-4-3-7-11(12)16/h1-8,16H,(H,15,18). The fourth-order valence-corrected chi connectivity index (χ4v) is 1.54. The smallest absolute Gasteiger partial charge is 0.266 e. The van der Waals surface area contributed by atoms with Gasteiger partial charge in [-0.15, -0.1) is 0 Å². The van der Waals surface area contributed by atoms with Crippen molar-refractivity contribution in [2.75, 3.05) is 5.32 Å². The third kappa shape index (κ3) is 2.95. The Morgan fingerprint density at radius 2 is 1.78 bits per heavy atom. The second-order valence-corrected chi connectivity index (χ2v) is 3.83. The zero-order valence-electron chi connectivity index (χ0n) is 9.26. The minimum Gasteiger partial charge on any atom is -0.504 e. The minimum absolute atomic E-state index is 0.0322. The summed E-state index contributed by atoms with van der Waals surface area (Å²) in [7, 11) is 0. The second-order valence-electron chi connectivity index (χ2n) is 3.46. The summed E-state index contributed by atoms with van der Waals surface area (Å²) in [5.41, 5.74) is 0.220. The van der Waals surface area contributed by atoms with Crippen molar-refractivity contribution in [3.63, 3.8) is 0 Å². The molecule has 0 aliphatic heterocycles. The first-order valence-corrected chi connectivity index (χ1v) is 5.59. The largest absolute Gasteiger partial charge is 0.504 e. The lowest BCUT2D eigenvalue weighted by Crippen LogP contribution is -2.17. The maximum atomic E-state index is 13.3. The van der Waals surface area contributed by atoms with E-state index in [-0.39, 0.29) is 22.4 Å². The Bertz CT molecular complexity index is 525. The lowest BCUT2D eigenvalue weighted by molar-refractivity contribution is 0.437. The van der Waals surface area contributed by atoms with E-state index >= 15 is 0 Å². The molecule has 0 bridgehead atoms. The van der Waals surface area contributed by atoms with Crippen molar-refractivity contribution in [1.29, 1.82) is 0 Å². The van der Waals surface area contributed by atoms with E-state index in [2.05, 4.69) is 5.32 Å². The number of ether oxygens (including phenoxy) is 1. The molecule has 0 heterocycles. The van der Waals surface area contributed by atoms with Crippen LogP contribution in [0.3, 0.4) is 0 Å². The predicted octanol–water partition coefficient (Wildman–Crippen LogP) is 3.31. The molecule has 3 nitrogen and oxygen atoms in total. The zero-order chi connectivity index (χ0) is 13.0. The van der Waals surface area contributed by atoms with E-state index < -0.39 is 5.82 Å². The van der Waals surface area contributed by atoms with Crippen molar-refractivity contribution in [2.45, 2.75) is 0 Å². The molecule has 0 amide bonds. The Labute approximate surface area is 109 Å². The maximum absolute atomic E-state index is 13.3. The highest BCUT2D eigenvalue weighted by Crippen LogP contribution is 2.25. The van der Waals surface area contributed by atoms with Gasteiger partial charge in [-0.1, -0.05) is 24.3 Å². The van der Waals surface area contributed by atoms with Crippen LogP contribution in [-0.2, 0) is 0 Å². The van der Waals surface area contributed by atoms with E-state index in [9.17, 15) is 9.50 Å². The summed E-state index contributed by atoms with van der Waals surface area (Å²) in [6.45, 7) is 0. The van der Waals surface area contributed by atoms with Gasteiger partial charge < -0.3 is 15.2 Å². The third-order valence-electron chi connectivity index (χ3n) is 2.18. The molecule has 92 valence electrons. The first-order valence-electron chi connectivity index (χ1n) is 5.18. The van der Waals surface area contributed by atoms with E-state index in [1.807, 2.05) is 0 Å². The van der Waals surface area contributed by atoms with Crippen LogP contribution in [0.2, 0.25) is 0 Å². The number of halogens is 1. The first-order chi connectivity index (χ1) is 8.66. The lowest BCUT2D eigenvalue weighted by Gasteiger charge is -2.10. The van der Waals surface area contributed by atoms with E-state index in [1.165, 1.54) is 18.2 Å². The van der Waals surface area contributed by atoms with E-state index in [1.54, 1.807) is 30.3 Å². The van der Waals surface area contributed by atoms with E-state index in [0.29, 0.717) is 0 Å². The van der Waals surface area contributed by atoms with Crippen molar-refractivity contribution < 1.29 is 14.2 Å². The molecule has 2 N–H and O–H groups in total. The number of phenols is 1. The van der Waals surface area contributed by atoms with Gasteiger partial charge in [-0.3, -0.25) is 0 Å². The van der Waals surface area contributed by atoms with Crippen molar-refractivity contribution in [1.82, 2.24) is 0 Å². The van der Waals surface area contributed by atoms with Crippen molar-refractivity contribution >= 4 is 23.1 Å². The summed E-state index contributed by atoms with van der Waals surface area (Å²) in [6, 6.07) is 12.5. The molecule has 0 aromatic heterocycles. The van der Waals surface area contributed by atoms with Crippen molar-refractivity contribution in [3.05, 3.63) is 54.3 Å². The van der Waals surface area contributed by atoms with Crippen LogP contribution < -0.4 is 10.1 Å². The van der Waals surface area contributed by atoms with Crippen LogP contribution >= 0.6 is 12.2 Å². The van der Waals surface area contributed by atoms with E-state index in [4.69, 9.17) is 17.0 Å². The molecule has 2 aromatic rings. The van der Waals surface area contributed by atoms with Gasteiger partial charge in [0.2, 0.25) is 0 Å². The van der Waals surface area contributed by atoms with Crippen LogP contribution in [0.15, 0.2) is 48.5 Å². The monoisotopic (exact) mass is 263 g/mol. The van der Waals surface area contributed by atoms with E-state index in [0.717, 1.165) is 0 Å². The summed E-state index contributed by atoms with van der Waals surface area (Å²) in [6.07, 6.45) is 0. The first kappa shape index (κ1) is 12.3. The third-order valence-corrected chi connectivity index (χ3v) is 2.36. The molecule has 0 saturated heterocycles. The molecular weight excluding hydrogens is 253 g/mol. The van der Waals surface area contributed by atoms with Crippen molar-refractivity contribution in [2.24, 2.45) is 0 Å². The number of para-hydroxylation sites is 3. The van der Waals surface area contributed by atoms with Crippen LogP contribution in [-0.4, -0.2) is 10.3 Å². The van der Waals surface area contributed by atoms with Gasteiger partial charge in [0.1, 0.15) is 5.82 Å². The van der Waals surface area contributed by atoms with Crippen LogP contribution in [0.5, 0.6) is 11.5 Å². The van der Waals surface area contributed by atoms with Gasteiger partial charge in [-0.05, 0) is 36.5 Å². The topological polar surface area (TPSA) is 41.5 Å². The highest BCUT2D eigenvalue weighted by atomic mass is 32.1. The molecule has 0 atom stereocenters. The zero-order valence-corrected chi connectivity index (χ0v) is 10.1. The Balaban J connectivity index is 2.06. The fraction of sp³-hybridized carbons (Fsp3) is 0. The number of anilines is 1. The lowest BCUT2D eigenvalue weighted by atomic mass is 10.3. The Kier molecular flexibility index (Phi) is 3.74. The molecule has 0 spiro atoms. The molecule has 0 fully saturated rings. The molecular formula is C13H10FNO2S. The molecule has 0 aliphatic rings. The summed E-state index contributed by atoms with van der Waals surface area (Å²) < 4.78 is 18.5. The molecule has 5 heteroatoms. The molecule has 2 rings (SSSR count). The molecule has 0 unspecified atom stereocenters. The molecule has 0 radical (unpaired) electrons. The predicted molar refractivity (Wildman–Crippen MR) is 71.4 cm³/mol. The average molecular weight is 263 g/mol. The van der Waals surface area contributed by atoms with Crippen LogP contribution in [0.4, 0.5) is 10.1 Å². The van der Waals surface area contributed by atoms with Crippen molar-refractivity contribution in [3.8, 4) is 11.5 Å². The summed E-state index contributed by atoms with van der Waals surface area (Å²) in [5.74, 6) is -0.248. The number of phenolic OH excluding ortho intramolecular Hbond substituents is 1. The number of hydrogen-bond acceptors (Lipinski definition) is 3. The van der Waals surface area contributed by atoms with Crippen LogP contribution in [0.25, 0.3) is 0 Å². The fourth-order valence-electron chi connectivity index (χ4n) is 1.34. The maximum Gasteiger partial charge on any atom is 0.266 e. The number of thiocarbonyl (C=S) groups is 1. The van der Waals surface area contributed by atoms with Gasteiger partial charge in [-0.2, -0.15) is 0 Å². The van der Waals surface area contributed by atoms with Crippen LogP contribution in [0.1, 0.15) is 0 Å². The number of aromatic hydroxyl groups is 1. The minimum atomic E-state index is -0.430. The number of rotatable bonds is 2. The Morgan fingerprint density at radius 1 is 1.11 bits per heavy atom. The second kappa shape index (κ2) is 5.46. The molecule has 0 saturated carbocycles. The van der Waals surface area contributed by atoms with Gasteiger partial charge in [-0.25, -0.2) is 4.39 Å². The van der Waals surface area contributed by atoms with Crippen LogP contribution in [0, 0.1) is 5.82 Å². The average Bonchev–Trinajstić information content (AvgIpc) is 2.35. The Hall–Kier alpha value is -2.14.